The molecule has 25 heavy (non-hydrogen) atoms. The van der Waals surface area contributed by atoms with Crippen molar-refractivity contribution in [1.29, 1.82) is 0 Å². The van der Waals surface area contributed by atoms with Crippen molar-refractivity contribution in [3.8, 4) is 17.2 Å². The number of ether oxygens (including phenoxy) is 3. The monoisotopic (exact) mass is 347 g/mol. The van der Waals surface area contributed by atoms with Crippen LogP contribution >= 0.6 is 0 Å². The minimum atomic E-state index is -2.35. The summed E-state index contributed by atoms with van der Waals surface area (Å²) in [7, 11) is 3.13. The van der Waals surface area contributed by atoms with Crippen LogP contribution in [0.4, 0.5) is 0 Å². The normalized spacial score (nSPS) is 15.4. The molecule has 0 aromatic heterocycles. The highest BCUT2D eigenvalue weighted by atomic mass is 16.5. The summed E-state index contributed by atoms with van der Waals surface area (Å²) in [6.45, 7) is 1.47. The van der Waals surface area contributed by atoms with Crippen LogP contribution in [0, 0.1) is 6.92 Å². The van der Waals surface area contributed by atoms with E-state index in [-0.39, 0.29) is 6.42 Å². The molecule has 0 saturated carbocycles. The molecule has 1 unspecified atom stereocenters. The van der Waals surface area contributed by atoms with Crippen LogP contribution in [0.15, 0.2) is 42.5 Å². The highest BCUT2D eigenvalue weighted by Gasteiger charge is 2.07. The summed E-state index contributed by atoms with van der Waals surface area (Å²) in [4.78, 5) is 0. The maximum Gasteiger partial charge on any atom is 0.160 e. The van der Waals surface area contributed by atoms with E-state index in [0.29, 0.717) is 30.1 Å². The van der Waals surface area contributed by atoms with E-state index in [1.54, 1.807) is 32.4 Å². The molecule has 2 aromatic carbocycles. The molecule has 0 aliphatic carbocycles. The van der Waals surface area contributed by atoms with Crippen molar-refractivity contribution in [2.45, 2.75) is 38.6 Å². The summed E-state index contributed by atoms with van der Waals surface area (Å²) in [5.74, 6) is 1.76. The van der Waals surface area contributed by atoms with E-state index >= 15 is 0 Å². The first kappa shape index (κ1) is 15.1. The molecule has 2 rings (SSSR count). The molecule has 2 aromatic rings. The number of hydrogen-bond donors (Lipinski definition) is 1. The Kier molecular flexibility index (Phi) is 6.00. The van der Waals surface area contributed by atoms with E-state index in [4.69, 9.17) is 18.3 Å². The summed E-state index contributed by atoms with van der Waals surface area (Å²) in [6, 6.07) is 12.8. The molecule has 0 bridgehead atoms. The van der Waals surface area contributed by atoms with E-state index in [9.17, 15) is 5.11 Å². The van der Waals surface area contributed by atoms with Crippen molar-refractivity contribution in [1.82, 2.24) is 0 Å². The second-order valence-electron chi connectivity index (χ2n) is 5.77. The lowest BCUT2D eigenvalue weighted by molar-refractivity contribution is 0.0976. The zero-order valence-electron chi connectivity index (χ0n) is 18.0. The molecule has 0 saturated heterocycles. The second-order valence-corrected chi connectivity index (χ2v) is 5.77. The highest BCUT2D eigenvalue weighted by molar-refractivity contribution is 5.42. The third-order valence-electron chi connectivity index (χ3n) is 3.78. The standard InChI is InChI=1S/C21H28O4/c1-16-7-6-10-19(13-16)25-15-18(22)9-5-4-8-17-11-12-20(23-2)21(14-17)24-3/h6-7,10-14,18,22H,4-5,8-9,15H2,1-3H3/i9D2,18D. The van der Waals surface area contributed by atoms with Crippen molar-refractivity contribution in [2.24, 2.45) is 0 Å². The van der Waals surface area contributed by atoms with Crippen LogP contribution < -0.4 is 14.2 Å². The fourth-order valence-electron chi connectivity index (χ4n) is 2.47. The van der Waals surface area contributed by atoms with Gasteiger partial charge < -0.3 is 19.3 Å². The SMILES string of the molecule is [2H]C([2H])(CCCc1ccc(OC)c(OC)c1)C([2H])(O)COc1cccc(C)c1. The molecule has 1 N–H and O–H groups in total. The highest BCUT2D eigenvalue weighted by Crippen LogP contribution is 2.28. The van der Waals surface area contributed by atoms with Gasteiger partial charge in [-0.15, -0.1) is 0 Å². The Morgan fingerprint density at radius 3 is 2.60 bits per heavy atom. The van der Waals surface area contributed by atoms with Crippen LogP contribution in [0.25, 0.3) is 0 Å². The first-order chi connectivity index (χ1) is 13.2. The zero-order chi connectivity index (χ0) is 20.8. The molecule has 0 amide bonds. The summed E-state index contributed by atoms with van der Waals surface area (Å²) < 4.78 is 40.3. The Labute approximate surface area is 154 Å². The average molecular weight is 347 g/mol. The fourth-order valence-corrected chi connectivity index (χ4v) is 2.47. The van der Waals surface area contributed by atoms with E-state index in [0.717, 1.165) is 11.1 Å². The maximum atomic E-state index is 10.4. The predicted octanol–water partition coefficient (Wildman–Crippen LogP) is 4.16. The smallest absolute Gasteiger partial charge is 0.160 e. The Morgan fingerprint density at radius 1 is 1.08 bits per heavy atom. The van der Waals surface area contributed by atoms with Crippen molar-refractivity contribution in [3.05, 3.63) is 53.6 Å². The molecule has 0 spiro atoms. The summed E-state index contributed by atoms with van der Waals surface area (Å²) in [5.41, 5.74) is 1.96. The van der Waals surface area contributed by atoms with Gasteiger partial charge in [0.25, 0.3) is 0 Å². The molecule has 4 heteroatoms. The minimum absolute atomic E-state index is 0.0263. The lowest BCUT2D eigenvalue weighted by atomic mass is 10.0. The summed E-state index contributed by atoms with van der Waals surface area (Å²) in [6.07, 6.45) is -3.39. The molecule has 0 heterocycles. The first-order valence-electron chi connectivity index (χ1n) is 9.81. The van der Waals surface area contributed by atoms with Gasteiger partial charge >= 0.3 is 0 Å². The van der Waals surface area contributed by atoms with Crippen LogP contribution in [0.2, 0.25) is 0 Å². The van der Waals surface area contributed by atoms with Crippen molar-refractivity contribution in [3.63, 3.8) is 0 Å². The lowest BCUT2D eigenvalue weighted by Gasteiger charge is -2.13. The molecular weight excluding hydrogens is 316 g/mol. The quantitative estimate of drug-likeness (QED) is 0.701. The number of hydrogen-bond acceptors (Lipinski definition) is 4. The van der Waals surface area contributed by atoms with Gasteiger partial charge in [0.05, 0.1) is 21.7 Å². The van der Waals surface area contributed by atoms with E-state index in [1.165, 1.54) is 0 Å². The van der Waals surface area contributed by atoms with Crippen LogP contribution in [0.3, 0.4) is 0 Å². The summed E-state index contributed by atoms with van der Waals surface area (Å²) in [5, 5.41) is 10.4. The number of aryl methyl sites for hydroxylation is 2. The van der Waals surface area contributed by atoms with E-state index < -0.39 is 19.1 Å². The van der Waals surface area contributed by atoms with Crippen LogP contribution in [-0.2, 0) is 6.42 Å². The molecule has 0 radical (unpaired) electrons. The average Bonchev–Trinajstić information content (AvgIpc) is 2.66. The first-order valence-corrected chi connectivity index (χ1v) is 8.31. The predicted molar refractivity (Wildman–Crippen MR) is 99.8 cm³/mol. The molecule has 136 valence electrons. The van der Waals surface area contributed by atoms with Gasteiger partial charge in [-0.3, -0.25) is 0 Å². The number of benzene rings is 2. The van der Waals surface area contributed by atoms with Gasteiger partial charge in [0, 0.05) is 2.74 Å². The molecule has 1 atom stereocenters. The Hall–Kier alpha value is -2.20. The third-order valence-corrected chi connectivity index (χ3v) is 3.78. The number of rotatable bonds is 10. The third kappa shape index (κ3) is 6.31. The van der Waals surface area contributed by atoms with Crippen LogP contribution in [0.1, 0.15) is 34.5 Å². The summed E-state index contributed by atoms with van der Waals surface area (Å²) >= 11 is 0. The van der Waals surface area contributed by atoms with E-state index in [1.807, 2.05) is 31.2 Å². The Bertz CT molecular complexity index is 778. The Balaban J connectivity index is 1.92. The van der Waals surface area contributed by atoms with Gasteiger partial charge in [-0.05, 0) is 61.5 Å². The fraction of sp³-hybridized carbons (Fsp3) is 0.429. The van der Waals surface area contributed by atoms with Crippen molar-refractivity contribution < 1.29 is 23.4 Å². The van der Waals surface area contributed by atoms with Gasteiger partial charge in [-0.2, -0.15) is 0 Å². The van der Waals surface area contributed by atoms with Gasteiger partial charge in [-0.25, -0.2) is 0 Å². The van der Waals surface area contributed by atoms with Gasteiger partial charge in [0.1, 0.15) is 12.4 Å². The van der Waals surface area contributed by atoms with Crippen molar-refractivity contribution >= 4 is 0 Å². The van der Waals surface area contributed by atoms with Crippen LogP contribution in [-0.4, -0.2) is 32.0 Å². The molecule has 0 aliphatic heterocycles. The number of methoxy groups -OCH3 is 2. The van der Waals surface area contributed by atoms with Crippen LogP contribution in [0.5, 0.6) is 17.2 Å². The van der Waals surface area contributed by atoms with Gasteiger partial charge in [0.15, 0.2) is 11.5 Å². The van der Waals surface area contributed by atoms with Gasteiger partial charge in [0.2, 0.25) is 0 Å². The maximum absolute atomic E-state index is 10.4. The Morgan fingerprint density at radius 2 is 1.88 bits per heavy atom. The molecule has 4 nitrogen and oxygen atoms in total. The molecular formula is C21H28O4. The molecule has 0 aliphatic rings. The van der Waals surface area contributed by atoms with E-state index in [2.05, 4.69) is 0 Å². The number of aliphatic hydroxyl groups is 1. The topological polar surface area (TPSA) is 47.9 Å². The van der Waals surface area contributed by atoms with Gasteiger partial charge in [-0.1, -0.05) is 24.6 Å². The largest absolute Gasteiger partial charge is 0.493 e. The lowest BCUT2D eigenvalue weighted by Crippen LogP contribution is -2.17. The molecule has 0 fully saturated rings. The van der Waals surface area contributed by atoms with Crippen molar-refractivity contribution in [2.75, 3.05) is 20.8 Å². The minimum Gasteiger partial charge on any atom is -0.493 e. The second kappa shape index (κ2) is 9.94. The zero-order valence-corrected chi connectivity index (χ0v) is 15.0.